The molecule has 0 radical (unpaired) electrons. The van der Waals surface area contributed by atoms with Gasteiger partial charge in [0.2, 0.25) is 0 Å². The van der Waals surface area contributed by atoms with E-state index in [0.717, 1.165) is 38.7 Å². The van der Waals surface area contributed by atoms with Crippen molar-refractivity contribution in [3.05, 3.63) is 0 Å². The molecule has 1 fully saturated rings. The Morgan fingerprint density at radius 2 is 2.31 bits per heavy atom. The van der Waals surface area contributed by atoms with Crippen LogP contribution in [0.15, 0.2) is 0 Å². The Kier molecular flexibility index (Phi) is 4.43. The molecule has 0 amide bonds. The fraction of sp³-hybridized carbons (Fsp3) is 0.909. The molecule has 0 N–H and O–H groups in total. The number of ketones is 1. The standard InChI is InChI=1S/C11H20O2/c1-3-6-9(2)11(12)10-7-4-5-8-13-10/h9-10H,3-8H2,1-2H3. The molecule has 1 rings (SSSR count). The van der Waals surface area contributed by atoms with Crippen LogP contribution in [0.2, 0.25) is 0 Å². The Bertz CT molecular complexity index is 159. The summed E-state index contributed by atoms with van der Waals surface area (Å²) in [5.41, 5.74) is 0. The van der Waals surface area contributed by atoms with Gasteiger partial charge in [-0.2, -0.15) is 0 Å². The van der Waals surface area contributed by atoms with Gasteiger partial charge in [0.15, 0.2) is 5.78 Å². The highest BCUT2D eigenvalue weighted by Crippen LogP contribution is 2.18. The Hall–Kier alpha value is -0.370. The number of rotatable bonds is 4. The molecular weight excluding hydrogens is 164 g/mol. The van der Waals surface area contributed by atoms with Crippen molar-refractivity contribution in [3.63, 3.8) is 0 Å². The lowest BCUT2D eigenvalue weighted by molar-refractivity contribution is -0.137. The predicted molar refractivity (Wildman–Crippen MR) is 52.7 cm³/mol. The normalized spacial score (nSPS) is 25.5. The molecule has 0 saturated carbocycles. The van der Waals surface area contributed by atoms with Gasteiger partial charge in [-0.15, -0.1) is 0 Å². The maximum absolute atomic E-state index is 11.8. The summed E-state index contributed by atoms with van der Waals surface area (Å²) in [5, 5.41) is 0. The highest BCUT2D eigenvalue weighted by atomic mass is 16.5. The van der Waals surface area contributed by atoms with Crippen LogP contribution < -0.4 is 0 Å². The van der Waals surface area contributed by atoms with Crippen molar-refractivity contribution in [3.8, 4) is 0 Å². The van der Waals surface area contributed by atoms with E-state index < -0.39 is 0 Å². The summed E-state index contributed by atoms with van der Waals surface area (Å²) in [6.07, 6.45) is 5.20. The lowest BCUT2D eigenvalue weighted by Crippen LogP contribution is -2.32. The van der Waals surface area contributed by atoms with Crippen LogP contribution in [0.5, 0.6) is 0 Å². The second-order valence-corrected chi connectivity index (χ2v) is 3.95. The first-order chi connectivity index (χ1) is 6.25. The average Bonchev–Trinajstić information content (AvgIpc) is 2.18. The van der Waals surface area contributed by atoms with Crippen LogP contribution in [0.1, 0.15) is 46.0 Å². The number of hydrogen-bond donors (Lipinski definition) is 0. The molecule has 0 aromatic heterocycles. The van der Waals surface area contributed by atoms with E-state index in [2.05, 4.69) is 6.92 Å². The molecule has 1 saturated heterocycles. The highest BCUT2D eigenvalue weighted by molar-refractivity contribution is 5.85. The molecule has 13 heavy (non-hydrogen) atoms. The van der Waals surface area contributed by atoms with Crippen molar-refractivity contribution < 1.29 is 9.53 Å². The van der Waals surface area contributed by atoms with E-state index in [1.54, 1.807) is 0 Å². The third kappa shape index (κ3) is 3.11. The molecule has 2 atom stereocenters. The van der Waals surface area contributed by atoms with Crippen LogP contribution in [0.4, 0.5) is 0 Å². The van der Waals surface area contributed by atoms with Gasteiger partial charge in [-0.3, -0.25) is 4.79 Å². The summed E-state index contributed by atoms with van der Waals surface area (Å²) in [7, 11) is 0. The zero-order valence-corrected chi connectivity index (χ0v) is 8.71. The van der Waals surface area contributed by atoms with Crippen molar-refractivity contribution in [1.82, 2.24) is 0 Å². The van der Waals surface area contributed by atoms with Gasteiger partial charge in [0.1, 0.15) is 6.10 Å². The summed E-state index contributed by atoms with van der Waals surface area (Å²) < 4.78 is 5.46. The first kappa shape index (κ1) is 10.7. The van der Waals surface area contributed by atoms with Crippen LogP contribution in [0.3, 0.4) is 0 Å². The van der Waals surface area contributed by atoms with Crippen LogP contribution in [-0.2, 0) is 9.53 Å². The van der Waals surface area contributed by atoms with Crippen molar-refractivity contribution in [2.24, 2.45) is 5.92 Å². The van der Waals surface area contributed by atoms with E-state index in [1.807, 2.05) is 6.92 Å². The van der Waals surface area contributed by atoms with Gasteiger partial charge in [-0.25, -0.2) is 0 Å². The first-order valence-corrected chi connectivity index (χ1v) is 5.41. The van der Waals surface area contributed by atoms with Gasteiger partial charge in [0.25, 0.3) is 0 Å². The second-order valence-electron chi connectivity index (χ2n) is 3.95. The summed E-state index contributed by atoms with van der Waals surface area (Å²) in [5.74, 6) is 0.509. The number of carbonyl (C=O) groups is 1. The number of Topliss-reactive ketones (excluding diaryl/α,β-unsaturated/α-hetero) is 1. The second kappa shape index (κ2) is 5.38. The van der Waals surface area contributed by atoms with Gasteiger partial charge >= 0.3 is 0 Å². The molecule has 76 valence electrons. The van der Waals surface area contributed by atoms with Crippen LogP contribution in [-0.4, -0.2) is 18.5 Å². The molecule has 0 aliphatic carbocycles. The van der Waals surface area contributed by atoms with E-state index in [0.29, 0.717) is 5.78 Å². The smallest absolute Gasteiger partial charge is 0.164 e. The summed E-state index contributed by atoms with van der Waals surface area (Å²) >= 11 is 0. The van der Waals surface area contributed by atoms with E-state index in [9.17, 15) is 4.79 Å². The third-order valence-corrected chi connectivity index (χ3v) is 2.70. The maximum Gasteiger partial charge on any atom is 0.164 e. The minimum atomic E-state index is -0.0877. The highest BCUT2D eigenvalue weighted by Gasteiger charge is 2.25. The SMILES string of the molecule is CCCC(C)C(=O)C1CCCCO1. The fourth-order valence-electron chi connectivity index (χ4n) is 1.86. The molecular formula is C11H20O2. The van der Waals surface area contributed by atoms with Crippen LogP contribution >= 0.6 is 0 Å². The van der Waals surface area contributed by atoms with Crippen molar-refractivity contribution in [2.75, 3.05) is 6.61 Å². The average molecular weight is 184 g/mol. The molecule has 2 heteroatoms. The summed E-state index contributed by atoms with van der Waals surface area (Å²) in [6.45, 7) is 4.91. The first-order valence-electron chi connectivity index (χ1n) is 5.41. The van der Waals surface area contributed by atoms with Crippen molar-refractivity contribution in [2.45, 2.75) is 52.1 Å². The minimum Gasteiger partial charge on any atom is -0.370 e. The van der Waals surface area contributed by atoms with Crippen molar-refractivity contribution in [1.29, 1.82) is 0 Å². The van der Waals surface area contributed by atoms with E-state index in [-0.39, 0.29) is 12.0 Å². The van der Waals surface area contributed by atoms with Gasteiger partial charge in [0, 0.05) is 12.5 Å². The Balaban J connectivity index is 2.36. The molecule has 1 aliphatic rings. The molecule has 0 bridgehead atoms. The largest absolute Gasteiger partial charge is 0.370 e. The van der Waals surface area contributed by atoms with Crippen LogP contribution in [0, 0.1) is 5.92 Å². The quantitative estimate of drug-likeness (QED) is 0.671. The van der Waals surface area contributed by atoms with Gasteiger partial charge in [0.05, 0.1) is 0 Å². The minimum absolute atomic E-state index is 0.0877. The van der Waals surface area contributed by atoms with E-state index in [4.69, 9.17) is 4.74 Å². The Morgan fingerprint density at radius 1 is 1.54 bits per heavy atom. The zero-order valence-electron chi connectivity index (χ0n) is 8.71. The maximum atomic E-state index is 11.8. The van der Waals surface area contributed by atoms with Gasteiger partial charge in [-0.1, -0.05) is 20.3 Å². The van der Waals surface area contributed by atoms with Gasteiger partial charge < -0.3 is 4.74 Å². The number of hydrogen-bond acceptors (Lipinski definition) is 2. The Labute approximate surface area is 80.7 Å². The molecule has 1 heterocycles. The third-order valence-electron chi connectivity index (χ3n) is 2.70. The number of carbonyl (C=O) groups excluding carboxylic acids is 1. The van der Waals surface area contributed by atoms with Crippen molar-refractivity contribution >= 4 is 5.78 Å². The predicted octanol–water partition coefficient (Wildman–Crippen LogP) is 2.56. The topological polar surface area (TPSA) is 26.3 Å². The summed E-state index contributed by atoms with van der Waals surface area (Å²) in [4.78, 5) is 11.8. The molecule has 2 nitrogen and oxygen atoms in total. The zero-order chi connectivity index (χ0) is 9.68. The van der Waals surface area contributed by atoms with Crippen LogP contribution in [0.25, 0.3) is 0 Å². The summed E-state index contributed by atoms with van der Waals surface area (Å²) in [6, 6.07) is 0. The number of ether oxygens (including phenoxy) is 1. The van der Waals surface area contributed by atoms with E-state index in [1.165, 1.54) is 0 Å². The Morgan fingerprint density at radius 3 is 2.85 bits per heavy atom. The molecule has 0 aromatic carbocycles. The lowest BCUT2D eigenvalue weighted by atomic mass is 9.93. The molecule has 2 unspecified atom stereocenters. The lowest BCUT2D eigenvalue weighted by Gasteiger charge is -2.23. The molecule has 0 spiro atoms. The monoisotopic (exact) mass is 184 g/mol. The molecule has 0 aromatic rings. The fourth-order valence-corrected chi connectivity index (χ4v) is 1.86. The van der Waals surface area contributed by atoms with Gasteiger partial charge in [-0.05, 0) is 25.7 Å². The van der Waals surface area contributed by atoms with E-state index >= 15 is 0 Å². The molecule has 1 aliphatic heterocycles.